The van der Waals surface area contributed by atoms with Crippen molar-refractivity contribution in [3.8, 4) is 0 Å². The first-order valence-electron chi connectivity index (χ1n) is 9.46. The van der Waals surface area contributed by atoms with E-state index in [0.29, 0.717) is 18.0 Å². The molecule has 2 aliphatic rings. The smallest absolute Gasteiger partial charge is 0.413 e. The minimum absolute atomic E-state index is 0.142. The summed E-state index contributed by atoms with van der Waals surface area (Å²) in [6.45, 7) is 11.9. The minimum Gasteiger partial charge on any atom is -0.444 e. The Balaban J connectivity index is 1.96. The van der Waals surface area contributed by atoms with Crippen LogP contribution in [0.5, 0.6) is 0 Å². The molecular formula is C20H31N3O3. The second kappa shape index (κ2) is 5.83. The Morgan fingerprint density at radius 3 is 2.54 bits per heavy atom. The molecule has 0 aliphatic heterocycles. The van der Waals surface area contributed by atoms with Crippen molar-refractivity contribution in [3.05, 3.63) is 11.3 Å². The molecule has 2 atom stereocenters. The summed E-state index contributed by atoms with van der Waals surface area (Å²) in [6.07, 6.45) is 2.68. The Bertz CT molecular complexity index is 757. The van der Waals surface area contributed by atoms with Crippen LogP contribution in [0.25, 0.3) is 0 Å². The molecule has 0 radical (unpaired) electrons. The summed E-state index contributed by atoms with van der Waals surface area (Å²) in [4.78, 5) is 24.7. The van der Waals surface area contributed by atoms with E-state index in [4.69, 9.17) is 9.84 Å². The highest BCUT2D eigenvalue weighted by atomic mass is 16.6. The largest absolute Gasteiger partial charge is 0.444 e. The summed E-state index contributed by atoms with van der Waals surface area (Å²) in [5.74, 6) is 1.34. The van der Waals surface area contributed by atoms with Gasteiger partial charge in [0.2, 0.25) is 0 Å². The number of ether oxygens (including phenoxy) is 1. The summed E-state index contributed by atoms with van der Waals surface area (Å²) < 4.78 is 7.14. The maximum Gasteiger partial charge on any atom is 0.413 e. The number of rotatable bonds is 1. The highest BCUT2D eigenvalue weighted by molar-refractivity contribution is 5.87. The molecule has 3 rings (SSSR count). The molecule has 1 aromatic heterocycles. The van der Waals surface area contributed by atoms with E-state index < -0.39 is 11.7 Å². The zero-order chi connectivity index (χ0) is 19.5. The lowest BCUT2D eigenvalue weighted by molar-refractivity contribution is -0.137. The summed E-state index contributed by atoms with van der Waals surface area (Å²) >= 11 is 0. The van der Waals surface area contributed by atoms with Gasteiger partial charge in [0, 0.05) is 29.9 Å². The van der Waals surface area contributed by atoms with Crippen molar-refractivity contribution in [1.82, 2.24) is 9.78 Å². The fraction of sp³-hybridized carbons (Fsp3) is 0.750. The number of carbonyl (C=O) groups excluding carboxylic acids is 2. The van der Waals surface area contributed by atoms with Gasteiger partial charge in [-0.25, -0.2) is 4.79 Å². The van der Waals surface area contributed by atoms with Gasteiger partial charge in [-0.3, -0.25) is 14.8 Å². The van der Waals surface area contributed by atoms with Crippen LogP contribution in [0.4, 0.5) is 10.6 Å². The van der Waals surface area contributed by atoms with Crippen molar-refractivity contribution in [1.29, 1.82) is 0 Å². The molecule has 26 heavy (non-hydrogen) atoms. The van der Waals surface area contributed by atoms with Crippen molar-refractivity contribution in [2.45, 2.75) is 78.2 Å². The zero-order valence-corrected chi connectivity index (χ0v) is 17.0. The number of Topliss-reactive ketones (excluding diaryl/α,β-unsaturated/α-hetero) is 1. The van der Waals surface area contributed by atoms with Gasteiger partial charge in [0.1, 0.15) is 17.2 Å². The number of aromatic nitrogens is 2. The molecule has 1 aromatic rings. The molecule has 0 bridgehead atoms. The van der Waals surface area contributed by atoms with E-state index in [-0.39, 0.29) is 16.7 Å². The number of amides is 1. The van der Waals surface area contributed by atoms with E-state index in [1.165, 1.54) is 0 Å². The van der Waals surface area contributed by atoms with Crippen LogP contribution in [0, 0.1) is 11.3 Å². The van der Waals surface area contributed by atoms with E-state index in [9.17, 15) is 9.59 Å². The topological polar surface area (TPSA) is 73.2 Å². The lowest BCUT2D eigenvalue weighted by Gasteiger charge is -2.51. The predicted molar refractivity (Wildman–Crippen MR) is 100 cm³/mol. The highest BCUT2D eigenvalue weighted by Gasteiger charge is 2.55. The Morgan fingerprint density at radius 1 is 1.27 bits per heavy atom. The number of carbonyl (C=O) groups is 2. The van der Waals surface area contributed by atoms with E-state index in [2.05, 4.69) is 26.1 Å². The third-order valence-corrected chi connectivity index (χ3v) is 6.22. The van der Waals surface area contributed by atoms with Gasteiger partial charge in [0.15, 0.2) is 0 Å². The molecule has 1 N–H and O–H groups in total. The predicted octanol–water partition coefficient (Wildman–Crippen LogP) is 3.98. The van der Waals surface area contributed by atoms with Crippen LogP contribution in [0.2, 0.25) is 0 Å². The molecule has 0 unspecified atom stereocenters. The van der Waals surface area contributed by atoms with Gasteiger partial charge in [0.05, 0.1) is 5.69 Å². The van der Waals surface area contributed by atoms with Gasteiger partial charge in [-0.2, -0.15) is 5.10 Å². The first kappa shape index (κ1) is 18.9. The lowest BCUT2D eigenvalue weighted by atomic mass is 9.51. The maximum atomic E-state index is 12.5. The van der Waals surface area contributed by atoms with Crippen LogP contribution in [0.15, 0.2) is 0 Å². The molecule has 0 aromatic carbocycles. The fourth-order valence-corrected chi connectivity index (χ4v) is 4.93. The lowest BCUT2D eigenvalue weighted by Crippen LogP contribution is -2.52. The Kier molecular flexibility index (Phi) is 4.24. The highest BCUT2D eigenvalue weighted by Crippen LogP contribution is 2.56. The SMILES string of the molecule is Cn1nc2c(c1NC(=O)OC(C)(C)C)CC[C@H]1C(C)(C)C(=O)CC[C@]21C. The van der Waals surface area contributed by atoms with Crippen molar-refractivity contribution >= 4 is 17.7 Å². The number of nitrogens with one attached hydrogen (secondary N) is 1. The van der Waals surface area contributed by atoms with Gasteiger partial charge in [-0.1, -0.05) is 20.8 Å². The first-order chi connectivity index (χ1) is 11.9. The van der Waals surface area contributed by atoms with Gasteiger partial charge in [0.25, 0.3) is 0 Å². The molecule has 1 saturated carbocycles. The third-order valence-electron chi connectivity index (χ3n) is 6.22. The van der Waals surface area contributed by atoms with Crippen molar-refractivity contribution in [2.24, 2.45) is 18.4 Å². The molecule has 1 amide bonds. The number of fused-ring (bicyclic) bond motifs is 3. The van der Waals surface area contributed by atoms with E-state index in [0.717, 1.165) is 30.5 Å². The van der Waals surface area contributed by atoms with Gasteiger partial charge >= 0.3 is 6.09 Å². The number of nitrogens with zero attached hydrogens (tertiary/aromatic N) is 2. The average Bonchev–Trinajstić information content (AvgIpc) is 2.80. The number of anilines is 1. The van der Waals surface area contributed by atoms with E-state index in [1.54, 1.807) is 4.68 Å². The quantitative estimate of drug-likeness (QED) is 0.821. The summed E-state index contributed by atoms with van der Waals surface area (Å²) in [5.41, 5.74) is 1.09. The van der Waals surface area contributed by atoms with Gasteiger partial charge in [-0.05, 0) is 46.0 Å². The molecule has 1 heterocycles. The Hall–Kier alpha value is -1.85. The van der Waals surface area contributed by atoms with E-state index in [1.807, 2.05) is 27.8 Å². The summed E-state index contributed by atoms with van der Waals surface area (Å²) in [6, 6.07) is 0. The second-order valence-corrected chi connectivity index (χ2v) is 9.58. The molecule has 6 heteroatoms. The fourth-order valence-electron chi connectivity index (χ4n) is 4.93. The monoisotopic (exact) mass is 361 g/mol. The molecule has 6 nitrogen and oxygen atoms in total. The summed E-state index contributed by atoms with van der Waals surface area (Å²) in [7, 11) is 1.85. The molecule has 144 valence electrons. The molecule has 2 aliphatic carbocycles. The number of aryl methyl sites for hydroxylation is 1. The number of ketones is 1. The molecule has 0 spiro atoms. The van der Waals surface area contributed by atoms with Crippen LogP contribution in [-0.2, 0) is 28.4 Å². The molecule has 0 saturated heterocycles. The zero-order valence-electron chi connectivity index (χ0n) is 17.0. The summed E-state index contributed by atoms with van der Waals surface area (Å²) in [5, 5.41) is 7.67. The van der Waals surface area contributed by atoms with Crippen molar-refractivity contribution < 1.29 is 14.3 Å². The van der Waals surface area contributed by atoms with Crippen molar-refractivity contribution in [3.63, 3.8) is 0 Å². The second-order valence-electron chi connectivity index (χ2n) is 9.58. The van der Waals surface area contributed by atoms with Crippen LogP contribution in [0.3, 0.4) is 0 Å². The van der Waals surface area contributed by atoms with Crippen LogP contribution in [-0.4, -0.2) is 27.3 Å². The molecular weight excluding hydrogens is 330 g/mol. The standard InChI is InChI=1S/C20H31N3O3/c1-18(2,3)26-17(25)21-16-12-8-9-13-19(4,5)14(24)10-11-20(13,6)15(12)22-23(16)7/h13H,8-11H2,1-7H3,(H,21,25)/t13-,20-/m0/s1. The number of hydrogen-bond acceptors (Lipinski definition) is 4. The molecule has 1 fully saturated rings. The van der Waals surface area contributed by atoms with Gasteiger partial charge < -0.3 is 4.74 Å². The Morgan fingerprint density at radius 2 is 1.92 bits per heavy atom. The van der Waals surface area contributed by atoms with Crippen molar-refractivity contribution in [2.75, 3.05) is 5.32 Å². The minimum atomic E-state index is -0.548. The van der Waals surface area contributed by atoms with Crippen LogP contribution < -0.4 is 5.32 Å². The average molecular weight is 361 g/mol. The first-order valence-corrected chi connectivity index (χ1v) is 9.46. The van der Waals surface area contributed by atoms with Crippen LogP contribution in [0.1, 0.15) is 72.1 Å². The van der Waals surface area contributed by atoms with Crippen LogP contribution >= 0.6 is 0 Å². The normalized spacial score (nSPS) is 27.5. The maximum absolute atomic E-state index is 12.5. The van der Waals surface area contributed by atoms with E-state index >= 15 is 0 Å². The van der Waals surface area contributed by atoms with Gasteiger partial charge in [-0.15, -0.1) is 0 Å². The third kappa shape index (κ3) is 2.93. The number of hydrogen-bond donors (Lipinski definition) is 1. The Labute approximate surface area is 155 Å².